The smallest absolute Gasteiger partial charge is 0.133 e. The third kappa shape index (κ3) is 2.43. The van der Waals surface area contributed by atoms with E-state index in [4.69, 9.17) is 4.74 Å². The number of hydrogen-bond acceptors (Lipinski definition) is 1. The van der Waals surface area contributed by atoms with Crippen LogP contribution in [0.1, 0.15) is 31.2 Å². The van der Waals surface area contributed by atoms with Gasteiger partial charge in [-0.3, -0.25) is 0 Å². The summed E-state index contributed by atoms with van der Waals surface area (Å²) in [4.78, 5) is 0. The van der Waals surface area contributed by atoms with Gasteiger partial charge in [-0.15, -0.1) is 0 Å². The van der Waals surface area contributed by atoms with E-state index in [2.05, 4.69) is 40.2 Å². The predicted octanol–water partition coefficient (Wildman–Crippen LogP) is 4.42. The fraction of sp³-hybridized carbons (Fsp3) is 0.385. The van der Waals surface area contributed by atoms with E-state index in [1.165, 1.54) is 36.8 Å². The van der Waals surface area contributed by atoms with Crippen LogP contribution in [0.3, 0.4) is 0 Å². The second-order valence-electron chi connectivity index (χ2n) is 3.82. The highest BCUT2D eigenvalue weighted by molar-refractivity contribution is 9.10. The monoisotopic (exact) mass is 266 g/mol. The molecule has 1 aromatic carbocycles. The summed E-state index contributed by atoms with van der Waals surface area (Å²) in [5.74, 6) is 0.916. The van der Waals surface area contributed by atoms with Gasteiger partial charge in [0.1, 0.15) is 5.75 Å². The average molecular weight is 267 g/mol. The van der Waals surface area contributed by atoms with E-state index >= 15 is 0 Å². The van der Waals surface area contributed by atoms with Crippen LogP contribution in [0.4, 0.5) is 0 Å². The lowest BCUT2D eigenvalue weighted by Gasteiger charge is -2.14. The zero-order chi connectivity index (χ0) is 10.7. The maximum absolute atomic E-state index is 5.30. The second-order valence-corrected chi connectivity index (χ2v) is 4.68. The van der Waals surface area contributed by atoms with Crippen LogP contribution in [0.2, 0.25) is 0 Å². The van der Waals surface area contributed by atoms with Gasteiger partial charge in [-0.2, -0.15) is 0 Å². The molecular formula is C13H15BrO. The van der Waals surface area contributed by atoms with E-state index in [0.717, 1.165) is 10.2 Å². The molecule has 0 amide bonds. The molecule has 1 aliphatic rings. The molecule has 0 fully saturated rings. The molecule has 1 aliphatic carbocycles. The summed E-state index contributed by atoms with van der Waals surface area (Å²) < 4.78 is 6.32. The summed E-state index contributed by atoms with van der Waals surface area (Å²) in [6, 6.07) is 6.33. The van der Waals surface area contributed by atoms with Gasteiger partial charge in [0.25, 0.3) is 0 Å². The van der Waals surface area contributed by atoms with Gasteiger partial charge in [-0.1, -0.05) is 12.1 Å². The highest BCUT2D eigenvalue weighted by atomic mass is 79.9. The van der Waals surface area contributed by atoms with Gasteiger partial charge in [0.2, 0.25) is 0 Å². The lowest BCUT2D eigenvalue weighted by atomic mass is 9.94. The van der Waals surface area contributed by atoms with E-state index in [1.807, 2.05) is 0 Å². The van der Waals surface area contributed by atoms with Crippen molar-refractivity contribution in [1.82, 2.24) is 0 Å². The molecule has 0 atom stereocenters. The zero-order valence-electron chi connectivity index (χ0n) is 8.92. The van der Waals surface area contributed by atoms with Gasteiger partial charge < -0.3 is 4.74 Å². The quantitative estimate of drug-likeness (QED) is 0.771. The Kier molecular flexibility index (Phi) is 3.47. The molecule has 2 rings (SSSR count). The summed E-state index contributed by atoms with van der Waals surface area (Å²) in [7, 11) is 1.71. The first kappa shape index (κ1) is 10.7. The molecule has 0 N–H and O–H groups in total. The van der Waals surface area contributed by atoms with Gasteiger partial charge in [0.05, 0.1) is 11.6 Å². The molecule has 2 heteroatoms. The maximum atomic E-state index is 5.30. The third-order valence-electron chi connectivity index (χ3n) is 2.81. The van der Waals surface area contributed by atoms with Crippen LogP contribution < -0.4 is 4.74 Å². The lowest BCUT2D eigenvalue weighted by molar-refractivity contribution is 0.412. The van der Waals surface area contributed by atoms with Crippen LogP contribution in [0.15, 0.2) is 28.7 Å². The third-order valence-corrected chi connectivity index (χ3v) is 3.47. The summed E-state index contributed by atoms with van der Waals surface area (Å²) in [5.41, 5.74) is 2.77. The van der Waals surface area contributed by atoms with Crippen molar-refractivity contribution in [2.24, 2.45) is 0 Å². The normalized spacial score (nSPS) is 16.0. The number of ether oxygens (including phenoxy) is 1. The first-order valence-electron chi connectivity index (χ1n) is 5.34. The number of halogens is 1. The van der Waals surface area contributed by atoms with Crippen LogP contribution in [0, 0.1) is 0 Å². The molecule has 0 heterocycles. The van der Waals surface area contributed by atoms with Gasteiger partial charge in [-0.05, 0) is 64.9 Å². The molecule has 1 aromatic rings. The van der Waals surface area contributed by atoms with E-state index in [-0.39, 0.29) is 0 Å². The molecule has 0 saturated carbocycles. The highest BCUT2D eigenvalue weighted by Gasteiger charge is 2.08. The summed E-state index contributed by atoms with van der Waals surface area (Å²) in [6.45, 7) is 0. The Morgan fingerprint density at radius 2 is 2.13 bits per heavy atom. The summed E-state index contributed by atoms with van der Waals surface area (Å²) >= 11 is 3.47. The Hall–Kier alpha value is -0.760. The Morgan fingerprint density at radius 1 is 1.27 bits per heavy atom. The Bertz CT molecular complexity index is 382. The minimum atomic E-state index is 0.916. The van der Waals surface area contributed by atoms with Crippen molar-refractivity contribution in [3.8, 4) is 5.75 Å². The van der Waals surface area contributed by atoms with Crippen molar-refractivity contribution in [3.05, 3.63) is 34.3 Å². The van der Waals surface area contributed by atoms with Gasteiger partial charge in [0.15, 0.2) is 0 Å². The zero-order valence-corrected chi connectivity index (χ0v) is 10.5. The maximum Gasteiger partial charge on any atom is 0.133 e. The van der Waals surface area contributed by atoms with Crippen LogP contribution >= 0.6 is 15.9 Å². The fourth-order valence-electron chi connectivity index (χ4n) is 1.96. The van der Waals surface area contributed by atoms with Crippen molar-refractivity contribution >= 4 is 21.5 Å². The molecule has 0 saturated heterocycles. The fourth-order valence-corrected chi connectivity index (χ4v) is 2.37. The minimum absolute atomic E-state index is 0.916. The molecular weight excluding hydrogens is 252 g/mol. The van der Waals surface area contributed by atoms with E-state index in [0.29, 0.717) is 0 Å². The van der Waals surface area contributed by atoms with Crippen LogP contribution in [0.5, 0.6) is 5.75 Å². The number of rotatable bonds is 2. The van der Waals surface area contributed by atoms with Crippen LogP contribution in [-0.4, -0.2) is 7.11 Å². The molecule has 0 spiro atoms. The number of allylic oxidation sites excluding steroid dienone is 2. The Morgan fingerprint density at radius 3 is 2.80 bits per heavy atom. The van der Waals surface area contributed by atoms with Crippen molar-refractivity contribution in [2.45, 2.75) is 25.7 Å². The molecule has 80 valence electrons. The van der Waals surface area contributed by atoms with Crippen molar-refractivity contribution in [2.75, 3.05) is 7.11 Å². The van der Waals surface area contributed by atoms with E-state index < -0.39 is 0 Å². The first-order chi connectivity index (χ1) is 7.31. The molecule has 0 aromatic heterocycles. The van der Waals surface area contributed by atoms with Crippen LogP contribution in [0.25, 0.3) is 5.57 Å². The van der Waals surface area contributed by atoms with E-state index in [1.54, 1.807) is 7.11 Å². The van der Waals surface area contributed by atoms with Crippen molar-refractivity contribution in [1.29, 1.82) is 0 Å². The molecule has 1 nitrogen and oxygen atoms in total. The highest BCUT2D eigenvalue weighted by Crippen LogP contribution is 2.32. The Balaban J connectivity index is 2.32. The summed E-state index contributed by atoms with van der Waals surface area (Å²) in [5, 5.41) is 0. The Labute approximate surface area is 99.3 Å². The average Bonchev–Trinajstić information content (AvgIpc) is 2.31. The topological polar surface area (TPSA) is 9.23 Å². The molecule has 15 heavy (non-hydrogen) atoms. The molecule has 0 unspecified atom stereocenters. The van der Waals surface area contributed by atoms with Crippen molar-refractivity contribution < 1.29 is 4.74 Å². The standard InChI is InChI=1S/C13H15BrO/c1-15-13-9-11(7-8-12(13)14)10-5-3-2-4-6-10/h5,7-9H,2-4,6H2,1H3. The largest absolute Gasteiger partial charge is 0.496 e. The van der Waals surface area contributed by atoms with Gasteiger partial charge >= 0.3 is 0 Å². The lowest BCUT2D eigenvalue weighted by Crippen LogP contribution is -1.93. The van der Waals surface area contributed by atoms with Crippen LogP contribution in [-0.2, 0) is 0 Å². The molecule has 0 aliphatic heterocycles. The predicted molar refractivity (Wildman–Crippen MR) is 67.1 cm³/mol. The number of methoxy groups -OCH3 is 1. The minimum Gasteiger partial charge on any atom is -0.496 e. The second kappa shape index (κ2) is 4.84. The SMILES string of the molecule is COc1cc(C2=CCCCC2)ccc1Br. The summed E-state index contributed by atoms with van der Waals surface area (Å²) in [6.07, 6.45) is 7.41. The number of hydrogen-bond donors (Lipinski definition) is 0. The molecule has 0 bridgehead atoms. The van der Waals surface area contributed by atoms with E-state index in [9.17, 15) is 0 Å². The van der Waals surface area contributed by atoms with Crippen molar-refractivity contribution in [3.63, 3.8) is 0 Å². The number of benzene rings is 1. The van der Waals surface area contributed by atoms with Gasteiger partial charge in [-0.25, -0.2) is 0 Å². The molecule has 0 radical (unpaired) electrons. The first-order valence-corrected chi connectivity index (χ1v) is 6.13. The van der Waals surface area contributed by atoms with Gasteiger partial charge in [0, 0.05) is 0 Å².